The number of nitrogens with one attached hydrogen (secondary N) is 1. The van der Waals surface area contributed by atoms with E-state index in [1.54, 1.807) is 29.2 Å². The molecular formula is C29H25FN6O3. The van der Waals surface area contributed by atoms with Crippen molar-refractivity contribution in [3.63, 3.8) is 0 Å². The molecule has 0 saturated heterocycles. The van der Waals surface area contributed by atoms with Crippen molar-refractivity contribution in [2.75, 3.05) is 18.1 Å². The van der Waals surface area contributed by atoms with E-state index < -0.39 is 11.7 Å². The van der Waals surface area contributed by atoms with Crippen LogP contribution in [0.3, 0.4) is 0 Å². The van der Waals surface area contributed by atoms with Crippen LogP contribution < -0.4 is 9.64 Å². The fourth-order valence-corrected chi connectivity index (χ4v) is 5.35. The van der Waals surface area contributed by atoms with Gasteiger partial charge in [-0.2, -0.15) is 5.10 Å². The third kappa shape index (κ3) is 3.95. The van der Waals surface area contributed by atoms with Crippen molar-refractivity contribution in [1.82, 2.24) is 24.7 Å². The van der Waals surface area contributed by atoms with Gasteiger partial charge in [0.1, 0.15) is 29.6 Å². The lowest BCUT2D eigenvalue weighted by molar-refractivity contribution is 0.0985. The summed E-state index contributed by atoms with van der Waals surface area (Å²) >= 11 is 0. The first-order valence-electron chi connectivity index (χ1n) is 12.9. The number of nitrogens with zero attached hydrogens (tertiary/aromatic N) is 5. The van der Waals surface area contributed by atoms with Gasteiger partial charge in [0, 0.05) is 30.6 Å². The fraction of sp³-hybridized carbons (Fsp3) is 0.241. The van der Waals surface area contributed by atoms with Crippen LogP contribution in [0, 0.1) is 5.82 Å². The number of anilines is 1. The molecule has 4 heterocycles. The molecule has 1 fully saturated rings. The molecule has 0 spiro atoms. The summed E-state index contributed by atoms with van der Waals surface area (Å²) in [6, 6.07) is 10.6. The van der Waals surface area contributed by atoms with Crippen LogP contribution >= 0.6 is 0 Å². The van der Waals surface area contributed by atoms with Gasteiger partial charge in [-0.15, -0.1) is 0 Å². The average Bonchev–Trinajstić information content (AvgIpc) is 3.59. The SMILES string of the molecule is Cn1cc(-c2nc3nccc(-c4cccc(N5CCOc6cc(C7CC7)cc(F)c6C5=O)c4CO)c3[nH]2)cn1. The van der Waals surface area contributed by atoms with Gasteiger partial charge in [-0.1, -0.05) is 12.1 Å². The third-order valence-electron chi connectivity index (χ3n) is 7.42. The molecule has 196 valence electrons. The van der Waals surface area contributed by atoms with Gasteiger partial charge in [0.25, 0.3) is 5.91 Å². The molecule has 2 aromatic carbocycles. The number of halogens is 1. The molecule has 7 rings (SSSR count). The molecule has 0 atom stereocenters. The van der Waals surface area contributed by atoms with Crippen molar-refractivity contribution >= 4 is 22.8 Å². The Kier molecular flexibility index (Phi) is 5.44. The van der Waals surface area contributed by atoms with Gasteiger partial charge >= 0.3 is 0 Å². The third-order valence-corrected chi connectivity index (χ3v) is 7.42. The lowest BCUT2D eigenvalue weighted by Crippen LogP contribution is -2.33. The summed E-state index contributed by atoms with van der Waals surface area (Å²) < 4.78 is 22.8. The monoisotopic (exact) mass is 524 g/mol. The minimum Gasteiger partial charge on any atom is -0.491 e. The molecule has 1 saturated carbocycles. The van der Waals surface area contributed by atoms with Crippen molar-refractivity contribution in [2.45, 2.75) is 25.4 Å². The van der Waals surface area contributed by atoms with E-state index in [1.165, 1.54) is 11.0 Å². The maximum atomic E-state index is 15.3. The predicted molar refractivity (Wildman–Crippen MR) is 143 cm³/mol. The molecule has 1 amide bonds. The lowest BCUT2D eigenvalue weighted by atomic mass is 9.97. The van der Waals surface area contributed by atoms with Crippen molar-refractivity contribution in [1.29, 1.82) is 0 Å². The van der Waals surface area contributed by atoms with E-state index in [0.29, 0.717) is 39.7 Å². The van der Waals surface area contributed by atoms with Gasteiger partial charge in [0.2, 0.25) is 0 Å². The van der Waals surface area contributed by atoms with Crippen LogP contribution in [0.15, 0.2) is 55.0 Å². The molecule has 0 unspecified atom stereocenters. The second-order valence-corrected chi connectivity index (χ2v) is 9.96. The normalized spacial score (nSPS) is 15.4. The molecule has 9 nitrogen and oxygen atoms in total. The summed E-state index contributed by atoms with van der Waals surface area (Å²) in [6.45, 7) is 0.0819. The number of aromatic amines is 1. The van der Waals surface area contributed by atoms with Crippen LogP contribution in [-0.2, 0) is 13.7 Å². The Hall–Kier alpha value is -4.57. The van der Waals surface area contributed by atoms with E-state index in [1.807, 2.05) is 31.4 Å². The van der Waals surface area contributed by atoms with Gasteiger partial charge in [0.05, 0.1) is 36.1 Å². The Balaban J connectivity index is 1.32. The number of rotatable bonds is 5. The zero-order chi connectivity index (χ0) is 26.7. The lowest BCUT2D eigenvalue weighted by Gasteiger charge is -2.24. The summed E-state index contributed by atoms with van der Waals surface area (Å²) in [5, 5.41) is 14.8. The largest absolute Gasteiger partial charge is 0.491 e. The molecular weight excluding hydrogens is 499 g/mol. The predicted octanol–water partition coefficient (Wildman–Crippen LogP) is 4.57. The van der Waals surface area contributed by atoms with E-state index in [4.69, 9.17) is 4.74 Å². The smallest absolute Gasteiger partial charge is 0.265 e. The Morgan fingerprint density at radius 3 is 2.85 bits per heavy atom. The molecule has 1 aliphatic heterocycles. The molecule has 39 heavy (non-hydrogen) atoms. The number of aliphatic hydroxyl groups excluding tert-OH is 1. The quantitative estimate of drug-likeness (QED) is 0.349. The highest BCUT2D eigenvalue weighted by molar-refractivity contribution is 6.09. The number of imidazole rings is 1. The van der Waals surface area contributed by atoms with Gasteiger partial charge in [-0.3, -0.25) is 9.48 Å². The standard InChI is InChI=1S/C29H25FN6O3/c1-35-14-18(13-32-35)27-33-26-20(7-8-31-28(26)34-27)19-3-2-4-23(21(19)15-37)36-9-10-39-24-12-17(16-5-6-16)11-22(30)25(24)29(36)38/h2-4,7-8,11-14,16,37H,5-6,9-10,15H2,1H3,(H,31,33,34). The van der Waals surface area contributed by atoms with Crippen molar-refractivity contribution in [3.8, 4) is 28.3 Å². The maximum Gasteiger partial charge on any atom is 0.265 e. The van der Waals surface area contributed by atoms with E-state index in [-0.39, 0.29) is 31.1 Å². The van der Waals surface area contributed by atoms with Crippen LogP contribution in [0.4, 0.5) is 10.1 Å². The number of pyridine rings is 1. The summed E-state index contributed by atoms with van der Waals surface area (Å²) in [5.74, 6) is 0.164. The molecule has 2 aliphatic rings. The fourth-order valence-electron chi connectivity index (χ4n) is 5.35. The summed E-state index contributed by atoms with van der Waals surface area (Å²) in [4.78, 5) is 27.6. The zero-order valence-electron chi connectivity index (χ0n) is 21.2. The molecule has 10 heteroatoms. The van der Waals surface area contributed by atoms with E-state index in [0.717, 1.165) is 29.5 Å². The van der Waals surface area contributed by atoms with Crippen molar-refractivity contribution < 1.29 is 19.0 Å². The van der Waals surface area contributed by atoms with E-state index >= 15 is 4.39 Å². The number of aliphatic hydroxyl groups is 1. The second kappa shape index (κ2) is 9.02. The van der Waals surface area contributed by atoms with E-state index in [2.05, 4.69) is 20.1 Å². The van der Waals surface area contributed by atoms with E-state index in [9.17, 15) is 9.90 Å². The Bertz CT molecular complexity index is 1760. The number of aryl methyl sites for hydroxylation is 1. The highest BCUT2D eigenvalue weighted by Gasteiger charge is 2.33. The molecule has 3 aromatic heterocycles. The first kappa shape index (κ1) is 23.5. The zero-order valence-corrected chi connectivity index (χ0v) is 21.2. The highest BCUT2D eigenvalue weighted by atomic mass is 19.1. The molecule has 1 aliphatic carbocycles. The number of carbonyl (C=O) groups excluding carboxylic acids is 1. The first-order valence-corrected chi connectivity index (χ1v) is 12.9. The summed E-state index contributed by atoms with van der Waals surface area (Å²) in [5.41, 5.74) is 5.34. The maximum absolute atomic E-state index is 15.3. The van der Waals surface area contributed by atoms with Crippen LogP contribution in [0.1, 0.15) is 40.2 Å². The van der Waals surface area contributed by atoms with Gasteiger partial charge in [0.15, 0.2) is 5.65 Å². The summed E-state index contributed by atoms with van der Waals surface area (Å²) in [6.07, 6.45) is 7.28. The van der Waals surface area contributed by atoms with Crippen LogP contribution in [0.5, 0.6) is 5.75 Å². The number of ether oxygens (including phenoxy) is 1. The van der Waals surface area contributed by atoms with Crippen LogP contribution in [0.2, 0.25) is 0 Å². The average molecular weight is 525 g/mol. The number of amides is 1. The number of carbonyl (C=O) groups is 1. The summed E-state index contributed by atoms with van der Waals surface area (Å²) in [7, 11) is 1.83. The highest BCUT2D eigenvalue weighted by Crippen LogP contribution is 2.43. The molecule has 0 radical (unpaired) electrons. The molecule has 0 bridgehead atoms. The first-order chi connectivity index (χ1) is 19.0. The number of fused-ring (bicyclic) bond motifs is 2. The Morgan fingerprint density at radius 1 is 1.21 bits per heavy atom. The van der Waals surface area contributed by atoms with Crippen LogP contribution in [-0.4, -0.2) is 48.9 Å². The number of hydrogen-bond acceptors (Lipinski definition) is 6. The topological polar surface area (TPSA) is 109 Å². The van der Waals surface area contributed by atoms with Crippen molar-refractivity contribution in [2.24, 2.45) is 7.05 Å². The van der Waals surface area contributed by atoms with Gasteiger partial charge in [-0.05, 0) is 54.2 Å². The second-order valence-electron chi connectivity index (χ2n) is 9.96. The van der Waals surface area contributed by atoms with Crippen molar-refractivity contribution in [3.05, 3.63) is 77.5 Å². The number of aromatic nitrogens is 5. The van der Waals surface area contributed by atoms with Gasteiger partial charge < -0.3 is 19.7 Å². The van der Waals surface area contributed by atoms with Gasteiger partial charge in [-0.25, -0.2) is 14.4 Å². The number of hydrogen-bond donors (Lipinski definition) is 2. The molecule has 2 N–H and O–H groups in total. The minimum atomic E-state index is -0.579. The molecule has 5 aromatic rings. The number of H-pyrrole nitrogens is 1. The Labute approximate surface area is 222 Å². The minimum absolute atomic E-state index is 0.0767. The Morgan fingerprint density at radius 2 is 2.08 bits per heavy atom. The number of benzene rings is 2. The van der Waals surface area contributed by atoms with Crippen LogP contribution in [0.25, 0.3) is 33.7 Å².